The molecule has 1 aliphatic rings. The van der Waals surface area contributed by atoms with Gasteiger partial charge in [-0.2, -0.15) is 0 Å². The lowest BCUT2D eigenvalue weighted by Gasteiger charge is -2.34. The minimum Gasteiger partial charge on any atom is -0.496 e. The van der Waals surface area contributed by atoms with Gasteiger partial charge in [-0.25, -0.2) is 0 Å². The summed E-state index contributed by atoms with van der Waals surface area (Å²) in [6, 6.07) is 7.96. The average Bonchev–Trinajstić information content (AvgIpc) is 2.86. The molecule has 3 nitrogen and oxygen atoms in total. The van der Waals surface area contributed by atoms with Crippen LogP contribution in [0.3, 0.4) is 0 Å². The van der Waals surface area contributed by atoms with Crippen molar-refractivity contribution in [2.24, 2.45) is 0 Å². The number of methoxy groups -OCH3 is 1. The fraction of sp³-hybridized carbons (Fsp3) is 0.647. The summed E-state index contributed by atoms with van der Waals surface area (Å²) >= 11 is 0. The Morgan fingerprint density at radius 2 is 2.15 bits per heavy atom. The van der Waals surface area contributed by atoms with Gasteiger partial charge in [-0.15, -0.1) is 0 Å². The first-order valence-corrected chi connectivity index (χ1v) is 7.76. The maximum Gasteiger partial charge on any atom is 0.125 e. The molecular formula is C17H28N2O. The fourth-order valence-electron chi connectivity index (χ4n) is 3.42. The summed E-state index contributed by atoms with van der Waals surface area (Å²) < 4.78 is 5.61. The number of hydrogen-bond donors (Lipinski definition) is 1. The van der Waals surface area contributed by atoms with E-state index in [2.05, 4.69) is 49.2 Å². The third kappa shape index (κ3) is 2.64. The van der Waals surface area contributed by atoms with Gasteiger partial charge in [0.25, 0.3) is 0 Å². The summed E-state index contributed by atoms with van der Waals surface area (Å²) in [5.74, 6) is 0.985. The van der Waals surface area contributed by atoms with Crippen LogP contribution in [0.2, 0.25) is 0 Å². The lowest BCUT2D eigenvalue weighted by Crippen LogP contribution is -2.35. The summed E-state index contributed by atoms with van der Waals surface area (Å²) in [6.45, 7) is 6.82. The monoisotopic (exact) mass is 276 g/mol. The first kappa shape index (κ1) is 15.2. The summed E-state index contributed by atoms with van der Waals surface area (Å²) in [5.41, 5.74) is 2.62. The molecule has 0 spiro atoms. The topological polar surface area (TPSA) is 24.5 Å². The summed E-state index contributed by atoms with van der Waals surface area (Å²) in [6.07, 6.45) is 3.78. The van der Waals surface area contributed by atoms with E-state index in [9.17, 15) is 0 Å². The normalized spacial score (nSPS) is 23.9. The highest BCUT2D eigenvalue weighted by Crippen LogP contribution is 2.40. The Hall–Kier alpha value is -1.22. The minimum absolute atomic E-state index is 0.284. The van der Waals surface area contributed by atoms with E-state index < -0.39 is 0 Å². The maximum absolute atomic E-state index is 5.61. The van der Waals surface area contributed by atoms with Gasteiger partial charge in [0.15, 0.2) is 0 Å². The Morgan fingerprint density at radius 1 is 1.40 bits per heavy atom. The zero-order chi connectivity index (χ0) is 14.7. The standard InChI is InChI=1S/C17H28N2O/c1-6-14-11-10-12(2)19(14)15-8-7-9-16(20-5)17(15)13(3)18-4/h7-9,12-14,18H,6,10-11H2,1-5H3. The van der Waals surface area contributed by atoms with Crippen LogP contribution in [-0.2, 0) is 0 Å². The minimum atomic E-state index is 0.284. The molecule has 1 aliphatic heterocycles. The van der Waals surface area contributed by atoms with Crippen molar-refractivity contribution in [1.29, 1.82) is 0 Å². The highest BCUT2D eigenvalue weighted by molar-refractivity contribution is 5.62. The molecule has 1 aromatic carbocycles. The van der Waals surface area contributed by atoms with Gasteiger partial charge in [0.1, 0.15) is 5.75 Å². The van der Waals surface area contributed by atoms with Gasteiger partial charge in [-0.3, -0.25) is 0 Å². The Balaban J connectivity index is 2.49. The number of nitrogens with zero attached hydrogens (tertiary/aromatic N) is 1. The Morgan fingerprint density at radius 3 is 2.75 bits per heavy atom. The molecule has 1 N–H and O–H groups in total. The van der Waals surface area contributed by atoms with Crippen LogP contribution in [0, 0.1) is 0 Å². The molecule has 2 rings (SSSR count). The van der Waals surface area contributed by atoms with Gasteiger partial charge in [0.05, 0.1) is 7.11 Å². The van der Waals surface area contributed by atoms with E-state index >= 15 is 0 Å². The molecular weight excluding hydrogens is 248 g/mol. The largest absolute Gasteiger partial charge is 0.496 e. The molecule has 1 aromatic rings. The Kier molecular flexibility index (Phi) is 4.92. The van der Waals surface area contributed by atoms with Gasteiger partial charge in [0.2, 0.25) is 0 Å². The smallest absolute Gasteiger partial charge is 0.125 e. The molecule has 1 heterocycles. The van der Waals surface area contributed by atoms with Gasteiger partial charge < -0.3 is 15.0 Å². The van der Waals surface area contributed by atoms with E-state index in [4.69, 9.17) is 4.74 Å². The molecule has 3 heteroatoms. The van der Waals surface area contributed by atoms with E-state index in [0.29, 0.717) is 12.1 Å². The van der Waals surface area contributed by atoms with E-state index in [1.54, 1.807) is 7.11 Å². The van der Waals surface area contributed by atoms with Crippen LogP contribution in [0.4, 0.5) is 5.69 Å². The van der Waals surface area contributed by atoms with Crippen LogP contribution < -0.4 is 15.0 Å². The number of benzene rings is 1. The van der Waals surface area contributed by atoms with Crippen LogP contribution in [-0.4, -0.2) is 26.2 Å². The predicted octanol–water partition coefficient (Wildman–Crippen LogP) is 3.74. The van der Waals surface area contributed by atoms with Crippen LogP contribution in [0.5, 0.6) is 5.75 Å². The number of hydrogen-bond acceptors (Lipinski definition) is 3. The third-order valence-corrected chi connectivity index (χ3v) is 4.66. The summed E-state index contributed by atoms with van der Waals surface area (Å²) in [4.78, 5) is 2.60. The molecule has 20 heavy (non-hydrogen) atoms. The summed E-state index contributed by atoms with van der Waals surface area (Å²) in [5, 5.41) is 3.36. The molecule has 0 aromatic heterocycles. The van der Waals surface area contributed by atoms with Gasteiger partial charge in [-0.05, 0) is 52.3 Å². The molecule has 0 aliphatic carbocycles. The van der Waals surface area contributed by atoms with Crippen molar-refractivity contribution in [2.75, 3.05) is 19.1 Å². The van der Waals surface area contributed by atoms with E-state index in [1.807, 2.05) is 7.05 Å². The highest BCUT2D eigenvalue weighted by atomic mass is 16.5. The van der Waals surface area contributed by atoms with Crippen LogP contribution >= 0.6 is 0 Å². The number of nitrogens with one attached hydrogen (secondary N) is 1. The van der Waals surface area contributed by atoms with Crippen LogP contribution in [0.15, 0.2) is 18.2 Å². The van der Waals surface area contributed by atoms with Gasteiger partial charge >= 0.3 is 0 Å². The molecule has 1 saturated heterocycles. The second-order valence-corrected chi connectivity index (χ2v) is 5.80. The number of ether oxygens (including phenoxy) is 1. The van der Waals surface area contributed by atoms with Crippen molar-refractivity contribution < 1.29 is 4.74 Å². The third-order valence-electron chi connectivity index (χ3n) is 4.66. The highest BCUT2D eigenvalue weighted by Gasteiger charge is 2.32. The van der Waals surface area contributed by atoms with E-state index in [1.165, 1.54) is 30.5 Å². The zero-order valence-electron chi connectivity index (χ0n) is 13.4. The first-order valence-electron chi connectivity index (χ1n) is 7.76. The number of anilines is 1. The van der Waals surface area contributed by atoms with Crippen molar-refractivity contribution in [3.63, 3.8) is 0 Å². The lowest BCUT2D eigenvalue weighted by atomic mass is 10.0. The molecule has 0 saturated carbocycles. The second-order valence-electron chi connectivity index (χ2n) is 5.80. The zero-order valence-corrected chi connectivity index (χ0v) is 13.4. The Labute approximate surface area is 123 Å². The first-order chi connectivity index (χ1) is 9.63. The van der Waals surface area contributed by atoms with E-state index in [-0.39, 0.29) is 6.04 Å². The van der Waals surface area contributed by atoms with Crippen molar-refractivity contribution in [2.45, 2.75) is 58.2 Å². The van der Waals surface area contributed by atoms with Crippen molar-refractivity contribution in [3.8, 4) is 5.75 Å². The lowest BCUT2D eigenvalue weighted by molar-refractivity contribution is 0.403. The van der Waals surface area contributed by atoms with Crippen LogP contribution in [0.1, 0.15) is 51.6 Å². The SMILES string of the molecule is CCC1CCC(C)N1c1cccc(OC)c1C(C)NC. The van der Waals surface area contributed by atoms with Crippen molar-refractivity contribution in [1.82, 2.24) is 5.32 Å². The number of rotatable bonds is 5. The Bertz CT molecular complexity index is 447. The molecule has 0 radical (unpaired) electrons. The average molecular weight is 276 g/mol. The summed E-state index contributed by atoms with van der Waals surface area (Å²) in [7, 11) is 3.77. The fourth-order valence-corrected chi connectivity index (χ4v) is 3.42. The predicted molar refractivity (Wildman–Crippen MR) is 85.7 cm³/mol. The van der Waals surface area contributed by atoms with Gasteiger partial charge in [0, 0.05) is 29.4 Å². The van der Waals surface area contributed by atoms with Crippen molar-refractivity contribution >= 4 is 5.69 Å². The molecule has 3 unspecified atom stereocenters. The van der Waals surface area contributed by atoms with E-state index in [0.717, 1.165) is 5.75 Å². The second kappa shape index (κ2) is 6.49. The van der Waals surface area contributed by atoms with Crippen LogP contribution in [0.25, 0.3) is 0 Å². The quantitative estimate of drug-likeness (QED) is 0.886. The molecule has 1 fully saturated rings. The molecule has 112 valence electrons. The maximum atomic E-state index is 5.61. The van der Waals surface area contributed by atoms with Crippen molar-refractivity contribution in [3.05, 3.63) is 23.8 Å². The molecule has 0 amide bonds. The van der Waals surface area contributed by atoms with Gasteiger partial charge in [-0.1, -0.05) is 13.0 Å². The molecule has 3 atom stereocenters. The molecule has 0 bridgehead atoms.